The summed E-state index contributed by atoms with van der Waals surface area (Å²) in [5.74, 6) is -2.02. The van der Waals surface area contributed by atoms with Crippen molar-refractivity contribution in [1.29, 1.82) is 0 Å². The van der Waals surface area contributed by atoms with Crippen LogP contribution in [-0.4, -0.2) is 22.6 Å². The lowest BCUT2D eigenvalue weighted by atomic mass is 10.1. The van der Waals surface area contributed by atoms with Crippen LogP contribution in [-0.2, 0) is 4.74 Å². The SMILES string of the molecule is CC(C)(C)OC(=O)c1cc(Cl)c(Cl)cc1C(=O)O. The zero-order valence-corrected chi connectivity index (χ0v) is 11.6. The fourth-order valence-electron chi connectivity index (χ4n) is 1.23. The topological polar surface area (TPSA) is 63.6 Å². The number of rotatable bonds is 2. The van der Waals surface area contributed by atoms with Crippen LogP contribution >= 0.6 is 23.2 Å². The van der Waals surface area contributed by atoms with Crippen molar-refractivity contribution in [2.75, 3.05) is 0 Å². The van der Waals surface area contributed by atoms with E-state index < -0.39 is 17.5 Å². The van der Waals surface area contributed by atoms with E-state index in [1.165, 1.54) is 6.07 Å². The third-order valence-electron chi connectivity index (χ3n) is 1.91. The van der Waals surface area contributed by atoms with Crippen molar-refractivity contribution >= 4 is 35.1 Å². The molecule has 0 radical (unpaired) electrons. The Morgan fingerprint density at radius 3 is 1.94 bits per heavy atom. The third kappa shape index (κ3) is 3.62. The fourth-order valence-corrected chi connectivity index (χ4v) is 1.55. The summed E-state index contributed by atoms with van der Waals surface area (Å²) in [6, 6.07) is 2.33. The van der Waals surface area contributed by atoms with Gasteiger partial charge in [-0.25, -0.2) is 9.59 Å². The van der Waals surface area contributed by atoms with Crippen LogP contribution in [0.5, 0.6) is 0 Å². The van der Waals surface area contributed by atoms with Crippen molar-refractivity contribution in [2.45, 2.75) is 26.4 Å². The molecule has 4 nitrogen and oxygen atoms in total. The normalized spacial score (nSPS) is 11.2. The van der Waals surface area contributed by atoms with Crippen LogP contribution in [0.2, 0.25) is 10.0 Å². The van der Waals surface area contributed by atoms with Crippen LogP contribution in [0.15, 0.2) is 12.1 Å². The van der Waals surface area contributed by atoms with Crippen LogP contribution in [0, 0.1) is 0 Å². The van der Waals surface area contributed by atoms with Gasteiger partial charge in [0.1, 0.15) is 5.60 Å². The predicted molar refractivity (Wildman–Crippen MR) is 68.6 cm³/mol. The summed E-state index contributed by atoms with van der Waals surface area (Å²) >= 11 is 11.5. The van der Waals surface area contributed by atoms with E-state index in [9.17, 15) is 9.59 Å². The standard InChI is InChI=1S/C12H12Cl2O4/c1-12(2,3)18-11(17)7-5-9(14)8(13)4-6(7)10(15)16/h4-5H,1-3H3,(H,15,16). The Balaban J connectivity index is 3.26. The number of carbonyl (C=O) groups is 2. The fraction of sp³-hybridized carbons (Fsp3) is 0.333. The zero-order chi connectivity index (χ0) is 14.1. The molecule has 0 aliphatic heterocycles. The predicted octanol–water partition coefficient (Wildman–Crippen LogP) is 3.65. The van der Waals surface area contributed by atoms with Gasteiger partial charge in [-0.1, -0.05) is 23.2 Å². The van der Waals surface area contributed by atoms with E-state index in [2.05, 4.69) is 0 Å². The highest BCUT2D eigenvalue weighted by atomic mass is 35.5. The lowest BCUT2D eigenvalue weighted by Gasteiger charge is -2.20. The minimum absolute atomic E-state index is 0.0707. The molecular weight excluding hydrogens is 279 g/mol. The molecule has 0 aliphatic carbocycles. The van der Waals surface area contributed by atoms with Crippen molar-refractivity contribution < 1.29 is 19.4 Å². The maximum atomic E-state index is 11.9. The first-order valence-corrected chi connectivity index (χ1v) is 5.83. The highest BCUT2D eigenvalue weighted by Gasteiger charge is 2.24. The van der Waals surface area contributed by atoms with E-state index in [1.807, 2.05) is 0 Å². The number of hydrogen-bond donors (Lipinski definition) is 1. The minimum Gasteiger partial charge on any atom is -0.478 e. The number of carboxylic acid groups (broad SMARTS) is 1. The Morgan fingerprint density at radius 2 is 1.56 bits per heavy atom. The van der Waals surface area contributed by atoms with Crippen LogP contribution in [0.3, 0.4) is 0 Å². The number of esters is 1. The number of benzene rings is 1. The maximum Gasteiger partial charge on any atom is 0.339 e. The molecule has 0 unspecified atom stereocenters. The van der Waals surface area contributed by atoms with Crippen LogP contribution < -0.4 is 0 Å². The van der Waals surface area contributed by atoms with Crippen LogP contribution in [0.4, 0.5) is 0 Å². The molecule has 0 spiro atoms. The molecule has 0 amide bonds. The molecule has 1 aromatic carbocycles. The molecule has 98 valence electrons. The van der Waals surface area contributed by atoms with Crippen LogP contribution in [0.25, 0.3) is 0 Å². The quantitative estimate of drug-likeness (QED) is 0.845. The van der Waals surface area contributed by atoms with Gasteiger partial charge in [-0.05, 0) is 32.9 Å². The molecule has 1 rings (SSSR count). The zero-order valence-electron chi connectivity index (χ0n) is 10.1. The van der Waals surface area contributed by atoms with E-state index in [4.69, 9.17) is 33.0 Å². The van der Waals surface area contributed by atoms with Crippen molar-refractivity contribution in [3.63, 3.8) is 0 Å². The first-order valence-electron chi connectivity index (χ1n) is 5.07. The number of aromatic carboxylic acids is 1. The van der Waals surface area contributed by atoms with Gasteiger partial charge in [0, 0.05) is 0 Å². The summed E-state index contributed by atoms with van der Waals surface area (Å²) in [6.07, 6.45) is 0. The molecule has 0 fully saturated rings. The molecule has 0 saturated heterocycles. The van der Waals surface area contributed by atoms with Crippen molar-refractivity contribution in [1.82, 2.24) is 0 Å². The summed E-state index contributed by atoms with van der Waals surface area (Å²) in [5, 5.41) is 9.19. The summed E-state index contributed by atoms with van der Waals surface area (Å²) in [6.45, 7) is 5.05. The van der Waals surface area contributed by atoms with E-state index in [-0.39, 0.29) is 21.2 Å². The maximum absolute atomic E-state index is 11.9. The van der Waals surface area contributed by atoms with Crippen molar-refractivity contribution in [2.24, 2.45) is 0 Å². The molecule has 0 atom stereocenters. The third-order valence-corrected chi connectivity index (χ3v) is 2.63. The summed E-state index contributed by atoms with van der Waals surface area (Å²) in [7, 11) is 0. The van der Waals surface area contributed by atoms with Gasteiger partial charge in [0.15, 0.2) is 0 Å². The Labute approximate surface area is 114 Å². The van der Waals surface area contributed by atoms with Gasteiger partial charge in [0.25, 0.3) is 0 Å². The van der Waals surface area contributed by atoms with Crippen LogP contribution in [0.1, 0.15) is 41.5 Å². The summed E-state index contributed by atoms with van der Waals surface area (Å²) in [5.41, 5.74) is -1.08. The van der Waals surface area contributed by atoms with E-state index in [0.29, 0.717) is 0 Å². The average Bonchev–Trinajstić information content (AvgIpc) is 2.18. The van der Waals surface area contributed by atoms with Gasteiger partial charge in [-0.15, -0.1) is 0 Å². The first kappa shape index (κ1) is 14.8. The Kier molecular flexibility index (Phi) is 4.24. The van der Waals surface area contributed by atoms with E-state index in [0.717, 1.165) is 6.07 Å². The molecule has 0 aromatic heterocycles. The van der Waals surface area contributed by atoms with E-state index in [1.54, 1.807) is 20.8 Å². The molecule has 0 saturated carbocycles. The molecule has 0 bridgehead atoms. The second-order valence-corrected chi connectivity index (χ2v) is 5.43. The van der Waals surface area contributed by atoms with Gasteiger partial charge >= 0.3 is 11.9 Å². The number of carboxylic acids is 1. The second-order valence-electron chi connectivity index (χ2n) is 4.62. The largest absolute Gasteiger partial charge is 0.478 e. The molecule has 18 heavy (non-hydrogen) atoms. The number of halogens is 2. The number of carbonyl (C=O) groups excluding carboxylic acids is 1. The Hall–Kier alpha value is -1.26. The Morgan fingerprint density at radius 1 is 1.11 bits per heavy atom. The lowest BCUT2D eigenvalue weighted by Crippen LogP contribution is -2.25. The summed E-state index contributed by atoms with van der Waals surface area (Å²) in [4.78, 5) is 22.9. The average molecular weight is 291 g/mol. The van der Waals surface area contributed by atoms with Gasteiger partial charge in [-0.3, -0.25) is 0 Å². The van der Waals surface area contributed by atoms with Gasteiger partial charge in [0.05, 0.1) is 21.2 Å². The molecule has 0 aliphatic rings. The minimum atomic E-state index is -1.27. The molecular formula is C12H12Cl2O4. The van der Waals surface area contributed by atoms with Crippen molar-refractivity contribution in [3.8, 4) is 0 Å². The van der Waals surface area contributed by atoms with Gasteiger partial charge in [-0.2, -0.15) is 0 Å². The monoisotopic (exact) mass is 290 g/mol. The van der Waals surface area contributed by atoms with Crippen molar-refractivity contribution in [3.05, 3.63) is 33.3 Å². The smallest absolute Gasteiger partial charge is 0.339 e. The highest BCUT2D eigenvalue weighted by molar-refractivity contribution is 6.42. The molecule has 1 aromatic rings. The van der Waals surface area contributed by atoms with E-state index >= 15 is 0 Å². The first-order chi connectivity index (χ1) is 8.11. The highest BCUT2D eigenvalue weighted by Crippen LogP contribution is 2.27. The lowest BCUT2D eigenvalue weighted by molar-refractivity contribution is 0.00659. The second kappa shape index (κ2) is 5.16. The molecule has 0 heterocycles. The Bertz CT molecular complexity index is 504. The van der Waals surface area contributed by atoms with Gasteiger partial charge < -0.3 is 9.84 Å². The number of hydrogen-bond acceptors (Lipinski definition) is 3. The molecule has 1 N–H and O–H groups in total. The van der Waals surface area contributed by atoms with Gasteiger partial charge in [0.2, 0.25) is 0 Å². The molecule has 6 heteroatoms. The number of ether oxygens (including phenoxy) is 1. The summed E-state index contributed by atoms with van der Waals surface area (Å²) < 4.78 is 5.11.